The second-order valence-electron chi connectivity index (χ2n) is 5.33. The largest absolute Gasteiger partial charge is 0.274 e. The van der Waals surface area contributed by atoms with Crippen LogP contribution in [0.15, 0.2) is 18.2 Å². The number of hydrogen-bond acceptors (Lipinski definition) is 2. The summed E-state index contributed by atoms with van der Waals surface area (Å²) in [7, 11) is 1.89. The topological polar surface area (TPSA) is 34.9 Å². The number of benzene rings is 1. The number of rotatable bonds is 1. The molecule has 0 radical (unpaired) electrons. The monoisotopic (exact) mass is 272 g/mol. The number of carbonyl (C=O) groups is 1. The Bertz CT molecular complexity index is 717. The van der Waals surface area contributed by atoms with Crippen LogP contribution in [0.3, 0.4) is 0 Å². The van der Waals surface area contributed by atoms with Crippen molar-refractivity contribution in [2.45, 2.75) is 25.2 Å². The Morgan fingerprint density at radius 1 is 1.42 bits per heavy atom. The van der Waals surface area contributed by atoms with Crippen molar-refractivity contribution in [1.29, 1.82) is 0 Å². The van der Waals surface area contributed by atoms with E-state index in [0.717, 1.165) is 30.5 Å². The van der Waals surface area contributed by atoms with Crippen molar-refractivity contribution < 1.29 is 4.79 Å². The molecule has 0 spiro atoms. The molecule has 0 N–H and O–H groups in total. The number of hydrogen-bond donors (Lipinski definition) is 0. The van der Waals surface area contributed by atoms with E-state index in [1.807, 2.05) is 7.05 Å². The maximum Gasteiger partial charge on any atom is 0.273 e. The summed E-state index contributed by atoms with van der Waals surface area (Å²) in [5.74, 6) is 0.307. The summed E-state index contributed by atoms with van der Waals surface area (Å²) in [4.78, 5) is 11.6. The predicted molar refractivity (Wildman–Crippen MR) is 73.6 cm³/mol. The second-order valence-corrected chi connectivity index (χ2v) is 5.67. The molecule has 1 aromatic heterocycles. The molecule has 2 aromatic rings. The fourth-order valence-electron chi connectivity index (χ4n) is 3.71. The third kappa shape index (κ3) is 1.34. The zero-order valence-corrected chi connectivity index (χ0v) is 11.4. The Morgan fingerprint density at radius 2 is 2.26 bits per heavy atom. The zero-order valence-electron chi connectivity index (χ0n) is 10.6. The molecule has 1 atom stereocenters. The summed E-state index contributed by atoms with van der Waals surface area (Å²) in [6.07, 6.45) is 3.37. The Balaban J connectivity index is 2.09. The Labute approximate surface area is 116 Å². The summed E-state index contributed by atoms with van der Waals surface area (Å²) in [5, 5.41) is 3.87. The zero-order chi connectivity index (χ0) is 13.1. The van der Waals surface area contributed by atoms with E-state index in [-0.39, 0.29) is 0 Å². The smallest absolute Gasteiger partial charge is 0.273 e. The standard InChI is InChI=1S/C15H13ClN2O/c1-18-14-10-7-3-5-8-4-2-6-9(11(8)10)12(14)13(17-18)15(16)19/h3,5,7,9H,2,4,6H2,1H3. The number of aryl methyl sites for hydroxylation is 2. The molecule has 0 amide bonds. The van der Waals surface area contributed by atoms with Crippen LogP contribution in [0.5, 0.6) is 0 Å². The van der Waals surface area contributed by atoms with Gasteiger partial charge in [-0.2, -0.15) is 5.10 Å². The van der Waals surface area contributed by atoms with Gasteiger partial charge in [-0.15, -0.1) is 0 Å². The van der Waals surface area contributed by atoms with Crippen molar-refractivity contribution in [3.05, 3.63) is 40.6 Å². The van der Waals surface area contributed by atoms with Crippen LogP contribution in [-0.2, 0) is 13.5 Å². The first kappa shape index (κ1) is 11.2. The van der Waals surface area contributed by atoms with Gasteiger partial charge in [0, 0.05) is 24.1 Å². The molecule has 2 aliphatic rings. The van der Waals surface area contributed by atoms with Gasteiger partial charge in [0.1, 0.15) is 5.69 Å². The van der Waals surface area contributed by atoms with E-state index in [1.54, 1.807) is 4.68 Å². The molecule has 0 aliphatic heterocycles. The average molecular weight is 273 g/mol. The van der Waals surface area contributed by atoms with Gasteiger partial charge in [-0.05, 0) is 42.0 Å². The van der Waals surface area contributed by atoms with Gasteiger partial charge in [-0.1, -0.05) is 18.2 Å². The number of fused-ring (bicyclic) bond motifs is 3. The summed E-state index contributed by atoms with van der Waals surface area (Å²) in [5.41, 5.74) is 6.61. The van der Waals surface area contributed by atoms with E-state index in [4.69, 9.17) is 11.6 Å². The lowest BCUT2D eigenvalue weighted by atomic mass is 9.82. The molecule has 96 valence electrons. The van der Waals surface area contributed by atoms with Crippen LogP contribution in [0.1, 0.15) is 45.9 Å². The van der Waals surface area contributed by atoms with E-state index < -0.39 is 5.24 Å². The first-order valence-corrected chi connectivity index (χ1v) is 6.95. The predicted octanol–water partition coefficient (Wildman–Crippen LogP) is 3.25. The molecule has 0 fully saturated rings. The molecule has 1 heterocycles. The molecule has 2 aliphatic carbocycles. The molecular formula is C15H13ClN2O. The van der Waals surface area contributed by atoms with Crippen molar-refractivity contribution in [3.63, 3.8) is 0 Å². The summed E-state index contributed by atoms with van der Waals surface area (Å²) >= 11 is 5.71. The third-order valence-electron chi connectivity index (χ3n) is 4.36. The number of carbonyl (C=O) groups excluding carboxylic acids is 1. The fraction of sp³-hybridized carbons (Fsp3) is 0.333. The van der Waals surface area contributed by atoms with Crippen molar-refractivity contribution in [1.82, 2.24) is 9.78 Å². The highest BCUT2D eigenvalue weighted by Crippen LogP contribution is 2.51. The first-order chi connectivity index (χ1) is 9.18. The normalized spacial score (nSPS) is 19.2. The van der Waals surface area contributed by atoms with Crippen LogP contribution in [-0.4, -0.2) is 15.0 Å². The van der Waals surface area contributed by atoms with E-state index in [2.05, 4.69) is 23.3 Å². The third-order valence-corrected chi connectivity index (χ3v) is 4.54. The summed E-state index contributed by atoms with van der Waals surface area (Å²) in [6.45, 7) is 0. The second kappa shape index (κ2) is 3.70. The van der Waals surface area contributed by atoms with Crippen molar-refractivity contribution >= 4 is 16.8 Å². The molecule has 4 heteroatoms. The fourth-order valence-corrected chi connectivity index (χ4v) is 3.85. The van der Waals surface area contributed by atoms with Crippen LogP contribution in [0.25, 0.3) is 11.3 Å². The van der Waals surface area contributed by atoms with E-state index in [1.165, 1.54) is 16.7 Å². The first-order valence-electron chi connectivity index (χ1n) is 6.57. The minimum absolute atomic E-state index is 0.307. The molecule has 0 saturated carbocycles. The summed E-state index contributed by atoms with van der Waals surface area (Å²) < 4.78 is 1.80. The number of nitrogens with zero attached hydrogens (tertiary/aromatic N) is 2. The molecule has 4 rings (SSSR count). The lowest BCUT2D eigenvalue weighted by Gasteiger charge is -2.22. The van der Waals surface area contributed by atoms with E-state index >= 15 is 0 Å². The van der Waals surface area contributed by atoms with Crippen LogP contribution >= 0.6 is 11.6 Å². The molecule has 3 nitrogen and oxygen atoms in total. The van der Waals surface area contributed by atoms with Crippen molar-refractivity contribution in [2.75, 3.05) is 0 Å². The Morgan fingerprint density at radius 3 is 3.05 bits per heavy atom. The van der Waals surface area contributed by atoms with Crippen molar-refractivity contribution in [3.8, 4) is 11.3 Å². The highest BCUT2D eigenvalue weighted by Gasteiger charge is 2.39. The van der Waals surface area contributed by atoms with Crippen LogP contribution < -0.4 is 0 Å². The van der Waals surface area contributed by atoms with Crippen LogP contribution in [0.4, 0.5) is 0 Å². The quantitative estimate of drug-likeness (QED) is 0.747. The van der Waals surface area contributed by atoms with E-state index in [0.29, 0.717) is 11.6 Å². The van der Waals surface area contributed by atoms with Gasteiger partial charge < -0.3 is 0 Å². The van der Waals surface area contributed by atoms with Gasteiger partial charge in [-0.3, -0.25) is 9.48 Å². The lowest BCUT2D eigenvalue weighted by Crippen LogP contribution is -2.10. The highest BCUT2D eigenvalue weighted by atomic mass is 35.5. The van der Waals surface area contributed by atoms with Gasteiger partial charge in [0.2, 0.25) is 0 Å². The Kier molecular flexibility index (Phi) is 2.19. The van der Waals surface area contributed by atoms with Gasteiger partial charge in [0.15, 0.2) is 0 Å². The highest BCUT2D eigenvalue weighted by molar-refractivity contribution is 6.67. The number of aromatic nitrogens is 2. The molecule has 19 heavy (non-hydrogen) atoms. The van der Waals surface area contributed by atoms with Gasteiger partial charge >= 0.3 is 0 Å². The van der Waals surface area contributed by atoms with Gasteiger partial charge in [-0.25, -0.2) is 0 Å². The molecule has 0 bridgehead atoms. The van der Waals surface area contributed by atoms with Gasteiger partial charge in [0.25, 0.3) is 5.24 Å². The lowest BCUT2D eigenvalue weighted by molar-refractivity contribution is 0.107. The maximum absolute atomic E-state index is 11.6. The molecule has 0 saturated heterocycles. The minimum Gasteiger partial charge on any atom is -0.274 e. The van der Waals surface area contributed by atoms with Crippen molar-refractivity contribution in [2.24, 2.45) is 7.05 Å². The summed E-state index contributed by atoms with van der Waals surface area (Å²) in [6, 6.07) is 6.43. The average Bonchev–Trinajstić information content (AvgIpc) is 2.90. The maximum atomic E-state index is 11.6. The van der Waals surface area contributed by atoms with Gasteiger partial charge in [0.05, 0.1) is 5.69 Å². The number of halogens is 1. The minimum atomic E-state index is -0.447. The molecule has 1 unspecified atom stereocenters. The Hall–Kier alpha value is -1.61. The van der Waals surface area contributed by atoms with Crippen LogP contribution in [0, 0.1) is 0 Å². The molecular weight excluding hydrogens is 260 g/mol. The van der Waals surface area contributed by atoms with Crippen LogP contribution in [0.2, 0.25) is 0 Å². The van der Waals surface area contributed by atoms with E-state index in [9.17, 15) is 4.79 Å². The molecule has 1 aromatic carbocycles. The SMILES string of the molecule is Cn1nc(C(=O)Cl)c2c1-c1cccc3c1C2CCC3.